The van der Waals surface area contributed by atoms with Gasteiger partial charge in [0.1, 0.15) is 6.54 Å². The molecule has 1 saturated heterocycles. The highest BCUT2D eigenvalue weighted by molar-refractivity contribution is 5.76. The van der Waals surface area contributed by atoms with Gasteiger partial charge in [-0.05, 0) is 18.3 Å². The molecule has 1 aliphatic heterocycles. The van der Waals surface area contributed by atoms with E-state index in [0.29, 0.717) is 11.8 Å². The van der Waals surface area contributed by atoms with Gasteiger partial charge in [-0.2, -0.15) is 0 Å². The average molecular weight is 265 g/mol. The van der Waals surface area contributed by atoms with E-state index in [1.165, 1.54) is 6.07 Å². The first-order valence-corrected chi connectivity index (χ1v) is 6.53. The van der Waals surface area contributed by atoms with E-state index in [4.69, 9.17) is 0 Å². The predicted molar refractivity (Wildman–Crippen MR) is 70.8 cm³/mol. The summed E-state index contributed by atoms with van der Waals surface area (Å²) in [6.45, 7) is 5.57. The van der Waals surface area contributed by atoms with E-state index in [2.05, 4.69) is 18.9 Å². The highest BCUT2D eigenvalue weighted by Gasteiger charge is 2.25. The molecule has 6 heteroatoms. The number of rotatable bonds is 2. The summed E-state index contributed by atoms with van der Waals surface area (Å²) in [4.78, 5) is 36.6. The topological polar surface area (TPSA) is 75.2 Å². The summed E-state index contributed by atoms with van der Waals surface area (Å²) in [6.07, 6.45) is 1.12. The zero-order chi connectivity index (χ0) is 14.0. The highest BCUT2D eigenvalue weighted by atomic mass is 16.2. The minimum Gasteiger partial charge on any atom is -0.341 e. The fourth-order valence-electron chi connectivity index (χ4n) is 2.68. The van der Waals surface area contributed by atoms with Crippen molar-refractivity contribution < 1.29 is 4.79 Å². The number of nitrogens with zero attached hydrogens (tertiary/aromatic N) is 2. The Morgan fingerprint density at radius 1 is 1.26 bits per heavy atom. The molecule has 104 valence electrons. The van der Waals surface area contributed by atoms with Crippen LogP contribution < -0.4 is 11.1 Å². The van der Waals surface area contributed by atoms with Gasteiger partial charge in [-0.15, -0.1) is 0 Å². The third-order valence-corrected chi connectivity index (χ3v) is 3.40. The van der Waals surface area contributed by atoms with E-state index in [0.717, 1.165) is 30.3 Å². The molecule has 1 fully saturated rings. The van der Waals surface area contributed by atoms with Crippen LogP contribution in [0.3, 0.4) is 0 Å². The van der Waals surface area contributed by atoms with Crippen molar-refractivity contribution in [1.82, 2.24) is 14.7 Å². The number of likely N-dealkylation sites (tertiary alicyclic amines) is 1. The maximum Gasteiger partial charge on any atom is 0.265 e. The Balaban J connectivity index is 2.10. The molecular weight excluding hydrogens is 246 g/mol. The van der Waals surface area contributed by atoms with E-state index in [1.807, 2.05) is 0 Å². The van der Waals surface area contributed by atoms with E-state index >= 15 is 0 Å². The molecule has 1 aliphatic rings. The van der Waals surface area contributed by atoms with Gasteiger partial charge >= 0.3 is 0 Å². The lowest BCUT2D eigenvalue weighted by Crippen LogP contribution is -2.45. The van der Waals surface area contributed by atoms with Crippen LogP contribution in [-0.2, 0) is 11.3 Å². The number of aromatic nitrogens is 2. The Hall–Kier alpha value is -1.85. The van der Waals surface area contributed by atoms with Crippen LogP contribution in [0.25, 0.3) is 0 Å². The largest absolute Gasteiger partial charge is 0.341 e. The second kappa shape index (κ2) is 5.42. The van der Waals surface area contributed by atoms with E-state index in [1.54, 1.807) is 4.90 Å². The zero-order valence-electron chi connectivity index (χ0n) is 11.3. The summed E-state index contributed by atoms with van der Waals surface area (Å²) in [7, 11) is 0. The molecule has 1 amide bonds. The van der Waals surface area contributed by atoms with Gasteiger partial charge in [0.2, 0.25) is 5.91 Å². The Kier molecular flexibility index (Phi) is 3.87. The molecule has 2 unspecified atom stereocenters. The van der Waals surface area contributed by atoms with Crippen molar-refractivity contribution in [3.05, 3.63) is 32.8 Å². The van der Waals surface area contributed by atoms with Crippen LogP contribution >= 0.6 is 0 Å². The Morgan fingerprint density at radius 3 is 2.53 bits per heavy atom. The number of carbonyl (C=O) groups excluding carboxylic acids is 1. The van der Waals surface area contributed by atoms with Crippen LogP contribution in [0.1, 0.15) is 20.3 Å². The smallest absolute Gasteiger partial charge is 0.265 e. The molecule has 2 rings (SSSR count). The molecule has 19 heavy (non-hydrogen) atoms. The number of amides is 1. The summed E-state index contributed by atoms with van der Waals surface area (Å²) in [5.74, 6) is 0.820. The SMILES string of the molecule is CC1CC(C)CN(C(=O)Cn2[nH]c(=O)ccc2=O)C1. The molecule has 1 aromatic rings. The van der Waals surface area contributed by atoms with Crippen LogP contribution in [0.2, 0.25) is 0 Å². The average Bonchev–Trinajstić information content (AvgIpc) is 2.32. The van der Waals surface area contributed by atoms with E-state index < -0.39 is 0 Å². The molecular formula is C13H19N3O3. The number of hydrogen-bond donors (Lipinski definition) is 1. The number of carbonyl (C=O) groups is 1. The monoisotopic (exact) mass is 265 g/mol. The van der Waals surface area contributed by atoms with Crippen molar-refractivity contribution in [2.75, 3.05) is 13.1 Å². The van der Waals surface area contributed by atoms with Crippen LogP contribution in [0.4, 0.5) is 0 Å². The molecule has 2 atom stereocenters. The van der Waals surface area contributed by atoms with E-state index in [9.17, 15) is 14.4 Å². The maximum absolute atomic E-state index is 12.2. The predicted octanol–water partition coefficient (Wildman–Crippen LogP) is 0.0411. The molecule has 0 aliphatic carbocycles. The Bertz CT molecular complexity index is 565. The van der Waals surface area contributed by atoms with Crippen LogP contribution in [-0.4, -0.2) is 33.7 Å². The summed E-state index contributed by atoms with van der Waals surface area (Å²) < 4.78 is 1.06. The Morgan fingerprint density at radius 2 is 1.89 bits per heavy atom. The van der Waals surface area contributed by atoms with Crippen LogP contribution in [0, 0.1) is 11.8 Å². The second-order valence-corrected chi connectivity index (χ2v) is 5.48. The summed E-state index contributed by atoms with van der Waals surface area (Å²) in [6, 6.07) is 2.34. The van der Waals surface area contributed by atoms with Crippen molar-refractivity contribution in [1.29, 1.82) is 0 Å². The number of hydrogen-bond acceptors (Lipinski definition) is 3. The van der Waals surface area contributed by atoms with Gasteiger partial charge in [-0.1, -0.05) is 13.8 Å². The van der Waals surface area contributed by atoms with Gasteiger partial charge in [0.05, 0.1) is 0 Å². The molecule has 0 radical (unpaired) electrons. The normalized spacial score (nSPS) is 23.4. The van der Waals surface area contributed by atoms with Gasteiger partial charge in [0.15, 0.2) is 0 Å². The minimum absolute atomic E-state index is 0.103. The minimum atomic E-state index is -0.382. The highest BCUT2D eigenvalue weighted by Crippen LogP contribution is 2.20. The van der Waals surface area contributed by atoms with Gasteiger partial charge in [0, 0.05) is 25.2 Å². The molecule has 0 spiro atoms. The number of nitrogens with one attached hydrogen (secondary N) is 1. The third kappa shape index (κ3) is 3.33. The number of piperidine rings is 1. The molecule has 0 bridgehead atoms. The molecule has 0 saturated carbocycles. The van der Waals surface area contributed by atoms with Gasteiger partial charge in [0.25, 0.3) is 11.1 Å². The summed E-state index contributed by atoms with van der Waals surface area (Å²) in [5, 5.41) is 2.37. The quantitative estimate of drug-likeness (QED) is 0.820. The first-order valence-electron chi connectivity index (χ1n) is 6.53. The first-order chi connectivity index (χ1) is 8.95. The second-order valence-electron chi connectivity index (χ2n) is 5.48. The van der Waals surface area contributed by atoms with Gasteiger partial charge in [-0.25, -0.2) is 4.68 Å². The van der Waals surface area contributed by atoms with Crippen molar-refractivity contribution in [3.63, 3.8) is 0 Å². The van der Waals surface area contributed by atoms with Crippen molar-refractivity contribution >= 4 is 5.91 Å². The summed E-state index contributed by atoms with van der Waals surface area (Å²) >= 11 is 0. The van der Waals surface area contributed by atoms with E-state index in [-0.39, 0.29) is 23.6 Å². The number of H-pyrrole nitrogens is 1. The fraction of sp³-hybridized carbons (Fsp3) is 0.615. The molecule has 1 aromatic heterocycles. The lowest BCUT2D eigenvalue weighted by atomic mass is 9.92. The molecule has 1 N–H and O–H groups in total. The fourth-order valence-corrected chi connectivity index (χ4v) is 2.68. The van der Waals surface area contributed by atoms with Crippen molar-refractivity contribution in [3.8, 4) is 0 Å². The number of aromatic amines is 1. The first kappa shape index (κ1) is 13.6. The van der Waals surface area contributed by atoms with Crippen molar-refractivity contribution in [2.24, 2.45) is 11.8 Å². The molecule has 6 nitrogen and oxygen atoms in total. The van der Waals surface area contributed by atoms with Crippen molar-refractivity contribution in [2.45, 2.75) is 26.8 Å². The van der Waals surface area contributed by atoms with Gasteiger partial charge < -0.3 is 4.90 Å². The Labute approximate surface area is 111 Å². The summed E-state index contributed by atoms with van der Waals surface area (Å²) in [5.41, 5.74) is -0.751. The molecule has 0 aromatic carbocycles. The van der Waals surface area contributed by atoms with Crippen LogP contribution in [0.15, 0.2) is 21.7 Å². The zero-order valence-corrected chi connectivity index (χ0v) is 11.3. The van der Waals surface area contributed by atoms with Gasteiger partial charge in [-0.3, -0.25) is 19.5 Å². The molecule has 2 heterocycles. The lowest BCUT2D eigenvalue weighted by molar-refractivity contribution is -0.134. The van der Waals surface area contributed by atoms with Crippen LogP contribution in [0.5, 0.6) is 0 Å². The lowest BCUT2D eigenvalue weighted by Gasteiger charge is -2.35. The third-order valence-electron chi connectivity index (χ3n) is 3.40. The standard InChI is InChI=1S/C13H19N3O3/c1-9-5-10(2)7-15(6-9)13(19)8-16-12(18)4-3-11(17)14-16/h3-4,9-10H,5-8H2,1-2H3,(H,14,17). The maximum atomic E-state index is 12.2.